The van der Waals surface area contributed by atoms with E-state index in [1.54, 1.807) is 48.3 Å². The summed E-state index contributed by atoms with van der Waals surface area (Å²) in [5, 5.41) is 15.3. The average Bonchev–Trinajstić information content (AvgIpc) is 3.74. The Hall–Kier alpha value is -5.09. The van der Waals surface area contributed by atoms with Crippen molar-refractivity contribution in [3.05, 3.63) is 71.4 Å². The maximum Gasteiger partial charge on any atom is 0.273 e. The third-order valence-corrected chi connectivity index (χ3v) is 11.3. The van der Waals surface area contributed by atoms with Crippen LogP contribution in [0.3, 0.4) is 0 Å². The smallest absolute Gasteiger partial charge is 0.273 e. The van der Waals surface area contributed by atoms with E-state index in [1.807, 2.05) is 6.07 Å². The lowest BCUT2D eigenvalue weighted by Crippen LogP contribution is -2.44. The second-order valence-corrected chi connectivity index (χ2v) is 15.0. The number of benzene rings is 3. The zero-order chi connectivity index (χ0) is 36.8. The van der Waals surface area contributed by atoms with Gasteiger partial charge in [0, 0.05) is 42.6 Å². The van der Waals surface area contributed by atoms with Crippen molar-refractivity contribution in [2.45, 2.75) is 48.5 Å². The fraction of sp³-hybridized carbons (Fsp3) is 0.389. The number of ether oxygens (including phenoxy) is 4. The first kappa shape index (κ1) is 35.3. The molecule has 5 aromatic rings. The van der Waals surface area contributed by atoms with Gasteiger partial charge in [-0.2, -0.15) is 5.10 Å². The molecule has 3 heterocycles. The van der Waals surface area contributed by atoms with Crippen LogP contribution < -0.4 is 28.6 Å². The molecule has 2 N–H and O–H groups in total. The van der Waals surface area contributed by atoms with Gasteiger partial charge in [0.25, 0.3) is 15.9 Å². The summed E-state index contributed by atoms with van der Waals surface area (Å²) in [7, 11) is 2.74. The summed E-state index contributed by atoms with van der Waals surface area (Å²) in [6.45, 7) is -0.187. The summed E-state index contributed by atoms with van der Waals surface area (Å²) in [6, 6.07) is 15.2. The van der Waals surface area contributed by atoms with E-state index in [0.29, 0.717) is 52.0 Å². The SMILES string of the molecule is COc1ccc(CN(c2noc3cc(Nc4cc(C5CC5)[nH]n4)c(OC)cc23)S(=O)(=O)c2c(OC)cc(C3CN(C)CC(F)(F)C3)cc2OC)cc1. The summed E-state index contributed by atoms with van der Waals surface area (Å²) in [5.74, 6) is -1.60. The van der Waals surface area contributed by atoms with E-state index in [1.165, 1.54) is 40.6 Å². The van der Waals surface area contributed by atoms with Gasteiger partial charge in [-0.05, 0) is 61.3 Å². The number of aromatic nitrogens is 3. The molecule has 1 saturated heterocycles. The van der Waals surface area contributed by atoms with Gasteiger partial charge in [-0.1, -0.05) is 17.3 Å². The molecule has 1 aliphatic carbocycles. The fourth-order valence-electron chi connectivity index (χ4n) is 6.76. The average molecular weight is 739 g/mol. The number of sulfonamides is 1. The van der Waals surface area contributed by atoms with Crippen LogP contribution in [0.1, 0.15) is 47.9 Å². The van der Waals surface area contributed by atoms with Gasteiger partial charge in [-0.15, -0.1) is 0 Å². The maximum atomic E-state index is 15.0. The van der Waals surface area contributed by atoms with Crippen molar-refractivity contribution < 1.29 is 40.7 Å². The normalized spacial score (nSPS) is 17.6. The number of nitrogens with zero attached hydrogens (tertiary/aromatic N) is 4. The number of H-pyrrole nitrogens is 1. The maximum absolute atomic E-state index is 15.0. The van der Waals surface area contributed by atoms with Crippen molar-refractivity contribution in [3.63, 3.8) is 0 Å². The first-order valence-corrected chi connectivity index (χ1v) is 18.1. The third-order valence-electron chi connectivity index (χ3n) is 9.45. The molecule has 1 unspecified atom stereocenters. The molecule has 1 aliphatic heterocycles. The number of hydrogen-bond acceptors (Lipinski definition) is 11. The molecule has 0 amide bonds. The lowest BCUT2D eigenvalue weighted by Gasteiger charge is -2.36. The van der Waals surface area contributed by atoms with E-state index in [2.05, 4.69) is 20.7 Å². The minimum absolute atomic E-state index is 0.0202. The van der Waals surface area contributed by atoms with Gasteiger partial charge in [0.05, 0.1) is 52.6 Å². The Labute approximate surface area is 299 Å². The Balaban J connectivity index is 1.32. The number of hydrogen-bond donors (Lipinski definition) is 2. The molecular formula is C36H40F2N6O7S. The van der Waals surface area contributed by atoms with Crippen LogP contribution in [0.5, 0.6) is 23.0 Å². The number of halogens is 2. The molecule has 2 fully saturated rings. The lowest BCUT2D eigenvalue weighted by molar-refractivity contribution is -0.0650. The number of likely N-dealkylation sites (tertiary alicyclic amines) is 1. The molecule has 0 spiro atoms. The number of anilines is 3. The van der Waals surface area contributed by atoms with Crippen molar-refractivity contribution in [1.29, 1.82) is 0 Å². The number of nitrogens with one attached hydrogen (secondary N) is 2. The predicted molar refractivity (Wildman–Crippen MR) is 190 cm³/mol. The standard InChI is InChI=1S/C36H40F2N6O7S/c1-43-19-24(17-36(37,38)20-43)23-12-31(49-4)34(32(13-23)50-5)52(45,46)44(18-21-6-10-25(47-2)11-7-21)35-26-14-30(48-3)28(15-29(26)51-42-35)39-33-16-27(40-41-33)22-8-9-22/h6-7,10-16,22,24H,8-9,17-20H2,1-5H3,(H2,39,40,41). The molecule has 16 heteroatoms. The van der Waals surface area contributed by atoms with Gasteiger partial charge in [0.15, 0.2) is 22.1 Å². The molecule has 52 heavy (non-hydrogen) atoms. The molecule has 0 bridgehead atoms. The third kappa shape index (κ3) is 6.91. The Morgan fingerprint density at radius 3 is 2.27 bits per heavy atom. The van der Waals surface area contributed by atoms with Crippen LogP contribution in [0.2, 0.25) is 0 Å². The Kier molecular flexibility index (Phi) is 9.37. The number of likely N-dealkylation sites (N-methyl/N-ethyl adjacent to an activating group) is 1. The van der Waals surface area contributed by atoms with Gasteiger partial charge in [0.2, 0.25) is 0 Å². The Bertz CT molecular complexity index is 2160. The molecule has 2 aliphatic rings. The molecule has 7 rings (SSSR count). The number of rotatable bonds is 13. The molecule has 2 aromatic heterocycles. The van der Waals surface area contributed by atoms with Gasteiger partial charge >= 0.3 is 0 Å². The van der Waals surface area contributed by atoms with Gasteiger partial charge in [-0.25, -0.2) is 21.5 Å². The van der Waals surface area contributed by atoms with E-state index < -0.39 is 28.3 Å². The Morgan fingerprint density at radius 2 is 1.65 bits per heavy atom. The molecule has 3 aromatic carbocycles. The highest BCUT2D eigenvalue weighted by Gasteiger charge is 2.41. The highest BCUT2D eigenvalue weighted by molar-refractivity contribution is 7.93. The molecule has 0 radical (unpaired) electrons. The van der Waals surface area contributed by atoms with E-state index in [4.69, 9.17) is 23.5 Å². The Morgan fingerprint density at radius 1 is 0.962 bits per heavy atom. The van der Waals surface area contributed by atoms with Crippen molar-refractivity contribution >= 4 is 38.3 Å². The largest absolute Gasteiger partial charge is 0.497 e. The first-order chi connectivity index (χ1) is 24.9. The zero-order valence-electron chi connectivity index (χ0n) is 29.4. The number of aromatic amines is 1. The summed E-state index contributed by atoms with van der Waals surface area (Å²) >= 11 is 0. The number of alkyl halides is 2. The number of piperidine rings is 1. The molecule has 276 valence electrons. The predicted octanol–water partition coefficient (Wildman–Crippen LogP) is 6.66. The number of methoxy groups -OCH3 is 4. The highest BCUT2D eigenvalue weighted by atomic mass is 32.2. The van der Waals surface area contributed by atoms with E-state index in [9.17, 15) is 8.78 Å². The summed E-state index contributed by atoms with van der Waals surface area (Å²) in [4.78, 5) is 1.26. The van der Waals surface area contributed by atoms with Crippen LogP contribution in [0.25, 0.3) is 11.0 Å². The quantitative estimate of drug-likeness (QED) is 0.134. The van der Waals surface area contributed by atoms with Crippen LogP contribution in [0, 0.1) is 0 Å². The fourth-order valence-corrected chi connectivity index (χ4v) is 8.45. The van der Waals surface area contributed by atoms with E-state index >= 15 is 8.42 Å². The zero-order valence-corrected chi connectivity index (χ0v) is 30.2. The van der Waals surface area contributed by atoms with Crippen molar-refractivity contribution in [3.8, 4) is 23.0 Å². The van der Waals surface area contributed by atoms with E-state index in [0.717, 1.165) is 22.8 Å². The molecule has 1 saturated carbocycles. The second-order valence-electron chi connectivity index (χ2n) is 13.2. The van der Waals surface area contributed by atoms with Crippen LogP contribution in [-0.2, 0) is 16.6 Å². The van der Waals surface area contributed by atoms with Crippen LogP contribution in [-0.4, -0.2) is 83.2 Å². The summed E-state index contributed by atoms with van der Waals surface area (Å²) in [6.07, 6.45) is 1.84. The molecular weight excluding hydrogens is 698 g/mol. The van der Waals surface area contributed by atoms with Gasteiger partial charge in [0.1, 0.15) is 23.0 Å². The highest BCUT2D eigenvalue weighted by Crippen LogP contribution is 2.45. The van der Waals surface area contributed by atoms with Crippen molar-refractivity contribution in [1.82, 2.24) is 20.3 Å². The van der Waals surface area contributed by atoms with Crippen LogP contribution in [0.15, 0.2) is 64.0 Å². The van der Waals surface area contributed by atoms with Gasteiger partial charge < -0.3 is 28.8 Å². The topological polar surface area (TPSA) is 144 Å². The van der Waals surface area contributed by atoms with Crippen molar-refractivity contribution in [2.75, 3.05) is 58.2 Å². The number of fused-ring (bicyclic) bond motifs is 1. The molecule has 13 nitrogen and oxygen atoms in total. The van der Waals surface area contributed by atoms with E-state index in [-0.39, 0.29) is 40.9 Å². The van der Waals surface area contributed by atoms with Crippen LogP contribution in [0.4, 0.5) is 26.1 Å². The summed E-state index contributed by atoms with van der Waals surface area (Å²) < 4.78 is 88.5. The summed E-state index contributed by atoms with van der Waals surface area (Å²) in [5.41, 5.74) is 2.94. The van der Waals surface area contributed by atoms with Gasteiger partial charge in [-0.3, -0.25) is 10.00 Å². The minimum Gasteiger partial charge on any atom is -0.497 e. The molecule has 1 atom stereocenters. The van der Waals surface area contributed by atoms with Crippen molar-refractivity contribution in [2.24, 2.45) is 0 Å². The minimum atomic E-state index is -4.57. The second kappa shape index (κ2) is 13.8. The van der Waals surface area contributed by atoms with Crippen LogP contribution >= 0.6 is 0 Å². The first-order valence-electron chi connectivity index (χ1n) is 16.7. The monoisotopic (exact) mass is 738 g/mol. The lowest BCUT2D eigenvalue weighted by atomic mass is 9.88.